The highest BCUT2D eigenvalue weighted by atomic mass is 16.6. The van der Waals surface area contributed by atoms with Crippen LogP contribution in [0.5, 0.6) is 0 Å². The Bertz CT molecular complexity index is 814. The maximum absolute atomic E-state index is 12.5. The minimum Gasteiger partial charge on any atom is -0.458 e. The highest BCUT2D eigenvalue weighted by Gasteiger charge is 2.31. The van der Waals surface area contributed by atoms with E-state index in [4.69, 9.17) is 9.47 Å². The van der Waals surface area contributed by atoms with Gasteiger partial charge in [0.2, 0.25) is 0 Å². The monoisotopic (exact) mass is 396 g/mol. The first-order valence-corrected chi connectivity index (χ1v) is 9.86. The molecule has 0 amide bonds. The summed E-state index contributed by atoms with van der Waals surface area (Å²) in [5, 5.41) is 0. The van der Waals surface area contributed by atoms with E-state index in [0.29, 0.717) is 12.0 Å². The summed E-state index contributed by atoms with van der Waals surface area (Å²) in [5.74, 6) is -2.01. The molecule has 0 heterocycles. The molecule has 0 aromatic heterocycles. The lowest BCUT2D eigenvalue weighted by atomic mass is 9.92. The van der Waals surface area contributed by atoms with Gasteiger partial charge in [0.25, 0.3) is 5.78 Å². The van der Waals surface area contributed by atoms with Crippen molar-refractivity contribution >= 4 is 17.7 Å². The van der Waals surface area contributed by atoms with Crippen LogP contribution in [0.1, 0.15) is 54.8 Å². The molecule has 2 rings (SSSR count). The lowest BCUT2D eigenvalue weighted by Crippen LogP contribution is -2.36. The van der Waals surface area contributed by atoms with Crippen molar-refractivity contribution in [2.75, 3.05) is 0 Å². The van der Waals surface area contributed by atoms with E-state index >= 15 is 0 Å². The third-order valence-electron chi connectivity index (χ3n) is 4.81. The number of esters is 2. The molecule has 0 aliphatic carbocycles. The van der Waals surface area contributed by atoms with Crippen LogP contribution < -0.4 is 0 Å². The van der Waals surface area contributed by atoms with Crippen LogP contribution in [0.2, 0.25) is 0 Å². The van der Waals surface area contributed by atoms with Crippen LogP contribution in [-0.4, -0.2) is 29.9 Å². The van der Waals surface area contributed by atoms with Crippen molar-refractivity contribution in [2.24, 2.45) is 11.8 Å². The van der Waals surface area contributed by atoms with Gasteiger partial charge < -0.3 is 9.47 Å². The number of Topliss-reactive ketones (excluding diaryl/α,β-unsaturated/α-hetero) is 1. The molecule has 0 bridgehead atoms. The minimum atomic E-state index is -0.909. The Labute approximate surface area is 172 Å². The largest absolute Gasteiger partial charge is 0.458 e. The fourth-order valence-corrected chi connectivity index (χ4v) is 2.95. The molecule has 0 radical (unpaired) electrons. The summed E-state index contributed by atoms with van der Waals surface area (Å²) >= 11 is 0. The third-order valence-corrected chi connectivity index (χ3v) is 4.81. The number of ether oxygens (including phenoxy) is 2. The summed E-state index contributed by atoms with van der Waals surface area (Å²) in [6.45, 7) is 7.64. The first-order chi connectivity index (χ1) is 13.8. The molecule has 0 fully saturated rings. The summed E-state index contributed by atoms with van der Waals surface area (Å²) in [6, 6.07) is 17.1. The fourth-order valence-electron chi connectivity index (χ4n) is 2.95. The van der Waals surface area contributed by atoms with Gasteiger partial charge in [-0.05, 0) is 31.4 Å². The number of hydrogen-bond acceptors (Lipinski definition) is 5. The summed E-state index contributed by atoms with van der Waals surface area (Å²) in [6.07, 6.45) is -0.423. The van der Waals surface area contributed by atoms with Crippen molar-refractivity contribution in [3.05, 3.63) is 71.8 Å². The van der Waals surface area contributed by atoms with Gasteiger partial charge >= 0.3 is 11.9 Å². The molecule has 0 N–H and O–H groups in total. The highest BCUT2D eigenvalue weighted by Crippen LogP contribution is 2.23. The highest BCUT2D eigenvalue weighted by molar-refractivity contribution is 6.40. The van der Waals surface area contributed by atoms with E-state index in [9.17, 15) is 14.4 Å². The maximum Gasteiger partial charge on any atom is 0.379 e. The van der Waals surface area contributed by atoms with E-state index in [0.717, 1.165) is 0 Å². The van der Waals surface area contributed by atoms with Gasteiger partial charge in [0, 0.05) is 11.5 Å². The van der Waals surface area contributed by atoms with E-state index in [1.807, 2.05) is 26.8 Å². The van der Waals surface area contributed by atoms with Crippen LogP contribution in [0.3, 0.4) is 0 Å². The van der Waals surface area contributed by atoms with Crippen molar-refractivity contribution < 1.29 is 23.9 Å². The van der Waals surface area contributed by atoms with E-state index < -0.39 is 29.9 Å². The predicted octanol–water partition coefficient (Wildman–Crippen LogP) is 4.71. The molecular formula is C24H28O5. The van der Waals surface area contributed by atoms with Gasteiger partial charge in [-0.15, -0.1) is 0 Å². The molecule has 154 valence electrons. The van der Waals surface area contributed by atoms with Gasteiger partial charge in [-0.3, -0.25) is 4.79 Å². The Morgan fingerprint density at radius 2 is 1.28 bits per heavy atom. The fraction of sp³-hybridized carbons (Fsp3) is 0.375. The first kappa shape index (κ1) is 22.3. The number of hydrogen-bond donors (Lipinski definition) is 0. The summed E-state index contributed by atoms with van der Waals surface area (Å²) in [5.41, 5.74) is 0.754. The number of rotatable bonds is 9. The summed E-state index contributed by atoms with van der Waals surface area (Å²) in [4.78, 5) is 37.0. The summed E-state index contributed by atoms with van der Waals surface area (Å²) in [7, 11) is 0. The molecule has 2 aromatic rings. The number of carbonyl (C=O) groups is 3. The van der Waals surface area contributed by atoms with Gasteiger partial charge in [-0.25, -0.2) is 9.59 Å². The predicted molar refractivity (Wildman–Crippen MR) is 111 cm³/mol. The lowest BCUT2D eigenvalue weighted by molar-refractivity contribution is -0.146. The summed E-state index contributed by atoms with van der Waals surface area (Å²) < 4.78 is 11.1. The van der Waals surface area contributed by atoms with E-state index in [1.165, 1.54) is 0 Å². The second-order valence-corrected chi connectivity index (χ2v) is 7.60. The molecular weight excluding hydrogens is 368 g/mol. The molecule has 0 saturated heterocycles. The molecule has 29 heavy (non-hydrogen) atoms. The van der Waals surface area contributed by atoms with Crippen molar-refractivity contribution in [1.29, 1.82) is 0 Å². The smallest absolute Gasteiger partial charge is 0.379 e. The second kappa shape index (κ2) is 10.6. The quantitative estimate of drug-likeness (QED) is 0.349. The van der Waals surface area contributed by atoms with Crippen LogP contribution in [0.25, 0.3) is 0 Å². The van der Waals surface area contributed by atoms with Crippen molar-refractivity contribution in [1.82, 2.24) is 0 Å². The van der Waals surface area contributed by atoms with Crippen molar-refractivity contribution in [2.45, 2.75) is 46.3 Å². The maximum atomic E-state index is 12.5. The molecule has 3 atom stereocenters. The number of ketones is 1. The van der Waals surface area contributed by atoms with Gasteiger partial charge in [0.1, 0.15) is 12.2 Å². The number of carbonyl (C=O) groups excluding carboxylic acids is 3. The van der Waals surface area contributed by atoms with E-state index in [1.54, 1.807) is 61.5 Å². The Balaban J connectivity index is 2.05. The second-order valence-electron chi connectivity index (χ2n) is 7.60. The molecule has 0 saturated carbocycles. The first-order valence-electron chi connectivity index (χ1n) is 9.86. The van der Waals surface area contributed by atoms with Crippen LogP contribution in [-0.2, 0) is 14.3 Å². The Hall–Kier alpha value is -2.95. The van der Waals surface area contributed by atoms with Crippen molar-refractivity contribution in [3.8, 4) is 0 Å². The SMILES string of the molecule is CC(C)CC(OC(=O)c1ccccc1)C(C)C(C)OC(=O)C(=O)c1ccccc1. The third kappa shape index (κ3) is 6.56. The zero-order valence-electron chi connectivity index (χ0n) is 17.3. The minimum absolute atomic E-state index is 0.278. The van der Waals surface area contributed by atoms with Gasteiger partial charge in [0.15, 0.2) is 0 Å². The zero-order valence-corrected chi connectivity index (χ0v) is 17.3. The molecule has 2 aromatic carbocycles. The standard InChI is InChI=1S/C24H28O5/c1-16(2)15-21(29-23(26)20-13-9-6-10-14-20)17(3)18(4)28-24(27)22(25)19-11-7-5-8-12-19/h5-14,16-18,21H,15H2,1-4H3. The van der Waals surface area contributed by atoms with Crippen LogP contribution in [0.15, 0.2) is 60.7 Å². The average Bonchev–Trinajstić information content (AvgIpc) is 2.72. The molecule has 5 nitrogen and oxygen atoms in total. The molecule has 5 heteroatoms. The van der Waals surface area contributed by atoms with Crippen LogP contribution >= 0.6 is 0 Å². The van der Waals surface area contributed by atoms with Crippen LogP contribution in [0, 0.1) is 11.8 Å². The molecule has 3 unspecified atom stereocenters. The van der Waals surface area contributed by atoms with Gasteiger partial charge in [0.05, 0.1) is 5.56 Å². The van der Waals surface area contributed by atoms with E-state index in [-0.39, 0.29) is 17.4 Å². The zero-order chi connectivity index (χ0) is 21.4. The van der Waals surface area contributed by atoms with Crippen molar-refractivity contribution in [3.63, 3.8) is 0 Å². The molecule has 0 aliphatic heterocycles. The molecule has 0 spiro atoms. The topological polar surface area (TPSA) is 69.7 Å². The van der Waals surface area contributed by atoms with Gasteiger partial charge in [-0.2, -0.15) is 0 Å². The number of benzene rings is 2. The molecule has 0 aliphatic rings. The van der Waals surface area contributed by atoms with Gasteiger partial charge in [-0.1, -0.05) is 69.3 Å². The average molecular weight is 396 g/mol. The Morgan fingerprint density at radius 1 is 0.759 bits per heavy atom. The Morgan fingerprint density at radius 3 is 1.79 bits per heavy atom. The van der Waals surface area contributed by atoms with E-state index in [2.05, 4.69) is 0 Å². The normalized spacial score (nSPS) is 14.0. The lowest BCUT2D eigenvalue weighted by Gasteiger charge is -2.29. The van der Waals surface area contributed by atoms with Crippen LogP contribution in [0.4, 0.5) is 0 Å². The Kier molecular flexibility index (Phi) is 8.13.